The van der Waals surface area contributed by atoms with E-state index in [0.29, 0.717) is 12.5 Å². The molecule has 0 unspecified atom stereocenters. The quantitative estimate of drug-likeness (QED) is 0.599. The second-order valence-electron chi connectivity index (χ2n) is 5.73. The number of esters is 1. The first-order chi connectivity index (χ1) is 9.54. The van der Waals surface area contributed by atoms with Gasteiger partial charge in [-0.3, -0.25) is 4.79 Å². The van der Waals surface area contributed by atoms with Crippen LogP contribution in [0.25, 0.3) is 0 Å². The second kappa shape index (κ2) is 7.14. The van der Waals surface area contributed by atoms with Gasteiger partial charge >= 0.3 is 5.97 Å². The highest BCUT2D eigenvalue weighted by molar-refractivity contribution is 5.87. The van der Waals surface area contributed by atoms with Crippen molar-refractivity contribution in [1.29, 1.82) is 0 Å². The smallest absolute Gasteiger partial charge is 0.317 e. The maximum Gasteiger partial charge on any atom is 0.317 e. The number of nitrogens with one attached hydrogen (secondary N) is 1. The molecule has 5 heteroatoms. The van der Waals surface area contributed by atoms with Crippen LogP contribution >= 0.6 is 0 Å². The molecule has 1 aliphatic carbocycles. The number of hydrogen-bond donors (Lipinski definition) is 1. The largest absolute Gasteiger partial charge is 1.00 e. The molecule has 4 nitrogen and oxygen atoms in total. The molecule has 1 aromatic carbocycles. The molecule has 0 spiro atoms. The minimum atomic E-state index is -0.445. The Morgan fingerprint density at radius 1 is 1.33 bits per heavy atom. The average Bonchev–Trinajstić information content (AvgIpc) is 3.13. The van der Waals surface area contributed by atoms with Gasteiger partial charge in [0.15, 0.2) is 0 Å². The third-order valence-corrected chi connectivity index (χ3v) is 4.00. The lowest BCUT2D eigenvalue weighted by molar-refractivity contribution is -0.860. The normalized spacial score (nSPS) is 23.4. The summed E-state index contributed by atoms with van der Waals surface area (Å²) in [6.45, 7) is 3.26. The molecular weight excluding hydrogens is 290 g/mol. The summed E-state index contributed by atoms with van der Waals surface area (Å²) in [6, 6.07) is 7.80. The van der Waals surface area contributed by atoms with E-state index in [0.717, 1.165) is 24.3 Å². The number of carbonyl (C=O) groups excluding carboxylic acids is 1. The van der Waals surface area contributed by atoms with E-state index in [2.05, 4.69) is 14.1 Å². The molecule has 2 atom stereocenters. The third-order valence-electron chi connectivity index (χ3n) is 4.00. The van der Waals surface area contributed by atoms with Gasteiger partial charge in [0, 0.05) is 5.92 Å². The minimum Gasteiger partial charge on any atom is -1.00 e. The molecule has 1 N–H and O–H groups in total. The van der Waals surface area contributed by atoms with E-state index in [1.807, 2.05) is 31.2 Å². The van der Waals surface area contributed by atoms with Crippen LogP contribution in [0, 0.1) is 5.92 Å². The molecule has 1 aromatic rings. The Balaban J connectivity index is 0.00000220. The lowest BCUT2D eigenvalue weighted by Crippen LogP contribution is -3.06. The molecule has 1 saturated carbocycles. The molecule has 118 valence electrons. The number of hydrogen-bond acceptors (Lipinski definition) is 3. The van der Waals surface area contributed by atoms with Crippen LogP contribution in [0.5, 0.6) is 5.75 Å². The van der Waals surface area contributed by atoms with Crippen molar-refractivity contribution in [2.45, 2.75) is 18.8 Å². The minimum absolute atomic E-state index is 0. The topological polar surface area (TPSA) is 40.0 Å². The zero-order chi connectivity index (χ0) is 14.8. The lowest BCUT2D eigenvalue weighted by atomic mass is 9.93. The van der Waals surface area contributed by atoms with Crippen LogP contribution in [-0.2, 0) is 14.9 Å². The molecule has 1 fully saturated rings. The van der Waals surface area contributed by atoms with E-state index in [4.69, 9.17) is 9.47 Å². The van der Waals surface area contributed by atoms with Crippen LogP contribution in [0.1, 0.15) is 18.9 Å². The standard InChI is InChI=1S/C16H23NO3.ClH/c1-5-20-15(18)16(10-13(16)11-17(2)3)12-6-8-14(19-4)9-7-12;/h6-9,13H,5,10-11H2,1-4H3;1H/t13-,16+;/m1./s1. The third kappa shape index (κ3) is 3.50. The number of carbonyl (C=O) groups is 1. The monoisotopic (exact) mass is 313 g/mol. The molecule has 0 aliphatic heterocycles. The van der Waals surface area contributed by atoms with Crippen molar-refractivity contribution in [2.24, 2.45) is 5.92 Å². The molecule has 0 radical (unpaired) electrons. The Kier molecular flexibility index (Phi) is 6.05. The van der Waals surface area contributed by atoms with Gasteiger partial charge in [-0.05, 0) is 31.0 Å². The van der Waals surface area contributed by atoms with Crippen LogP contribution in [0.15, 0.2) is 24.3 Å². The summed E-state index contributed by atoms with van der Waals surface area (Å²) in [5.41, 5.74) is 0.600. The fourth-order valence-electron chi connectivity index (χ4n) is 2.94. The molecule has 0 amide bonds. The van der Waals surface area contributed by atoms with Crippen molar-refractivity contribution >= 4 is 5.97 Å². The highest BCUT2D eigenvalue weighted by Gasteiger charge is 2.63. The summed E-state index contributed by atoms with van der Waals surface area (Å²) in [5.74, 6) is 1.08. The van der Waals surface area contributed by atoms with Crippen molar-refractivity contribution in [1.82, 2.24) is 0 Å². The van der Waals surface area contributed by atoms with Crippen molar-refractivity contribution in [3.8, 4) is 5.75 Å². The fraction of sp³-hybridized carbons (Fsp3) is 0.562. The van der Waals surface area contributed by atoms with Gasteiger partial charge in [0.1, 0.15) is 11.2 Å². The predicted octanol–water partition coefficient (Wildman–Crippen LogP) is -2.34. The first kappa shape index (κ1) is 17.8. The predicted molar refractivity (Wildman–Crippen MR) is 77.1 cm³/mol. The SMILES string of the molecule is CCOC(=O)[C@]1(c2ccc(OC)cc2)C[C@@H]1C[NH+](C)C.[Cl-]. The molecule has 0 heterocycles. The maximum absolute atomic E-state index is 12.4. The Hall–Kier alpha value is -1.26. The molecule has 1 aliphatic rings. The average molecular weight is 314 g/mol. The van der Waals surface area contributed by atoms with Gasteiger partial charge in [0.2, 0.25) is 0 Å². The number of benzene rings is 1. The van der Waals surface area contributed by atoms with Crippen LogP contribution in [0.2, 0.25) is 0 Å². The summed E-state index contributed by atoms with van der Waals surface area (Å²) in [4.78, 5) is 13.8. The maximum atomic E-state index is 12.4. The number of rotatable bonds is 6. The van der Waals surface area contributed by atoms with Gasteiger partial charge in [0.05, 0.1) is 34.4 Å². The van der Waals surface area contributed by atoms with Crippen LogP contribution in [0.4, 0.5) is 0 Å². The van der Waals surface area contributed by atoms with Gasteiger partial charge in [-0.15, -0.1) is 0 Å². The summed E-state index contributed by atoms with van der Waals surface area (Å²) in [5, 5.41) is 0. The fourth-order valence-corrected chi connectivity index (χ4v) is 2.94. The number of quaternary nitrogens is 1. The Morgan fingerprint density at radius 3 is 2.43 bits per heavy atom. The van der Waals surface area contributed by atoms with Gasteiger partial charge < -0.3 is 26.8 Å². The van der Waals surface area contributed by atoms with Crippen molar-refractivity contribution in [2.75, 3.05) is 34.4 Å². The Morgan fingerprint density at radius 2 is 1.95 bits per heavy atom. The highest BCUT2D eigenvalue weighted by Crippen LogP contribution is 2.54. The second-order valence-corrected chi connectivity index (χ2v) is 5.73. The van der Waals surface area contributed by atoms with Crippen LogP contribution in [0.3, 0.4) is 0 Å². The van der Waals surface area contributed by atoms with Gasteiger partial charge in [-0.2, -0.15) is 0 Å². The molecule has 0 saturated heterocycles. The number of methoxy groups -OCH3 is 1. The van der Waals surface area contributed by atoms with E-state index >= 15 is 0 Å². The zero-order valence-corrected chi connectivity index (χ0v) is 13.9. The first-order valence-electron chi connectivity index (χ1n) is 7.15. The van der Waals surface area contributed by atoms with E-state index in [9.17, 15) is 4.79 Å². The van der Waals surface area contributed by atoms with Crippen molar-refractivity contribution in [3.63, 3.8) is 0 Å². The van der Waals surface area contributed by atoms with Crippen LogP contribution in [-0.4, -0.2) is 40.3 Å². The Labute approximate surface area is 132 Å². The Bertz CT molecular complexity index is 475. The summed E-state index contributed by atoms with van der Waals surface area (Å²) >= 11 is 0. The first-order valence-corrected chi connectivity index (χ1v) is 7.15. The van der Waals surface area contributed by atoms with Gasteiger partial charge in [-0.1, -0.05) is 12.1 Å². The van der Waals surface area contributed by atoms with E-state index in [1.165, 1.54) is 4.90 Å². The summed E-state index contributed by atoms with van der Waals surface area (Å²) in [6.07, 6.45) is 0.878. The number of halogens is 1. The molecule has 2 rings (SSSR count). The number of ether oxygens (including phenoxy) is 2. The summed E-state index contributed by atoms with van der Waals surface area (Å²) in [7, 11) is 5.87. The van der Waals surface area contributed by atoms with Crippen LogP contribution < -0.4 is 22.0 Å². The molecule has 0 bridgehead atoms. The molecule has 0 aromatic heterocycles. The van der Waals surface area contributed by atoms with E-state index < -0.39 is 5.41 Å². The van der Waals surface area contributed by atoms with Gasteiger partial charge in [0.25, 0.3) is 0 Å². The zero-order valence-electron chi connectivity index (χ0n) is 13.1. The van der Waals surface area contributed by atoms with Crippen molar-refractivity contribution in [3.05, 3.63) is 29.8 Å². The lowest BCUT2D eigenvalue weighted by Gasteiger charge is -2.17. The van der Waals surface area contributed by atoms with E-state index in [1.54, 1.807) is 7.11 Å². The van der Waals surface area contributed by atoms with Gasteiger partial charge in [-0.25, -0.2) is 0 Å². The summed E-state index contributed by atoms with van der Waals surface area (Å²) < 4.78 is 10.5. The van der Waals surface area contributed by atoms with Crippen molar-refractivity contribution < 1.29 is 31.6 Å². The molecular formula is C16H24ClNO3. The highest BCUT2D eigenvalue weighted by atomic mass is 35.5. The molecule has 21 heavy (non-hydrogen) atoms. The van der Waals surface area contributed by atoms with E-state index in [-0.39, 0.29) is 18.4 Å².